The lowest BCUT2D eigenvalue weighted by Gasteiger charge is -2.30. The second kappa shape index (κ2) is 9.41. The van der Waals surface area contributed by atoms with Crippen LogP contribution < -0.4 is 5.32 Å². The summed E-state index contributed by atoms with van der Waals surface area (Å²) in [5.41, 5.74) is 0. The lowest BCUT2D eigenvalue weighted by molar-refractivity contribution is -0.126. The van der Waals surface area contributed by atoms with E-state index in [-0.39, 0.29) is 17.6 Å². The number of unbranched alkanes of at least 4 members (excludes halogenated alkanes) is 3. The first-order valence-corrected chi connectivity index (χ1v) is 9.87. The quantitative estimate of drug-likeness (QED) is 0.662. The molecule has 0 atom stereocenters. The number of hydrogen-bond donors (Lipinski definition) is 1. The minimum absolute atomic E-state index is 0.0238. The Morgan fingerprint density at radius 2 is 1.71 bits per heavy atom. The summed E-state index contributed by atoms with van der Waals surface area (Å²) in [6.45, 7) is 5.83. The van der Waals surface area contributed by atoms with Crippen LogP contribution in [0.5, 0.6) is 0 Å². The maximum atomic E-state index is 12.1. The molecule has 5 nitrogen and oxygen atoms in total. The lowest BCUT2D eigenvalue weighted by atomic mass is 9.97. The van der Waals surface area contributed by atoms with E-state index in [9.17, 15) is 13.2 Å². The van der Waals surface area contributed by atoms with Gasteiger partial charge in [0.25, 0.3) is 0 Å². The molecule has 1 heterocycles. The number of carbonyl (C=O) groups is 1. The molecule has 1 saturated heterocycles. The largest absolute Gasteiger partial charge is 0.356 e. The second-order valence-corrected chi connectivity index (χ2v) is 7.93. The van der Waals surface area contributed by atoms with E-state index in [2.05, 4.69) is 12.2 Å². The summed E-state index contributed by atoms with van der Waals surface area (Å²) in [6.07, 6.45) is 6.18. The fraction of sp³-hybridized carbons (Fsp3) is 0.933. The smallest absolute Gasteiger partial charge is 0.223 e. The summed E-state index contributed by atoms with van der Waals surface area (Å²) in [5, 5.41) is 2.97. The van der Waals surface area contributed by atoms with E-state index in [4.69, 9.17) is 0 Å². The Kier molecular flexibility index (Phi) is 8.26. The zero-order valence-corrected chi connectivity index (χ0v) is 14.3. The molecule has 1 rings (SSSR count). The van der Waals surface area contributed by atoms with Gasteiger partial charge in [0.05, 0.1) is 5.75 Å². The zero-order chi connectivity index (χ0) is 15.7. The van der Waals surface area contributed by atoms with E-state index >= 15 is 0 Å². The van der Waals surface area contributed by atoms with Gasteiger partial charge in [-0.05, 0) is 25.7 Å². The van der Waals surface area contributed by atoms with Crippen molar-refractivity contribution >= 4 is 15.9 Å². The SMILES string of the molecule is CCCCCNC(=O)C1CCN(S(=O)(=O)CCCC)CC1. The Labute approximate surface area is 129 Å². The average molecular weight is 318 g/mol. The van der Waals surface area contributed by atoms with E-state index in [1.807, 2.05) is 6.92 Å². The number of hydrogen-bond acceptors (Lipinski definition) is 3. The molecular formula is C15H30N2O3S. The molecule has 1 aliphatic rings. The van der Waals surface area contributed by atoms with Crippen molar-refractivity contribution in [1.29, 1.82) is 0 Å². The number of nitrogens with zero attached hydrogens (tertiary/aromatic N) is 1. The number of carbonyl (C=O) groups excluding carboxylic acids is 1. The predicted octanol–water partition coefficient (Wildman–Crippen LogP) is 2.13. The maximum Gasteiger partial charge on any atom is 0.223 e. The van der Waals surface area contributed by atoms with Gasteiger partial charge in [0.1, 0.15) is 0 Å². The van der Waals surface area contributed by atoms with Gasteiger partial charge in [-0.1, -0.05) is 33.1 Å². The van der Waals surface area contributed by atoms with Crippen molar-refractivity contribution in [1.82, 2.24) is 9.62 Å². The van der Waals surface area contributed by atoms with Crippen molar-refractivity contribution < 1.29 is 13.2 Å². The highest BCUT2D eigenvalue weighted by molar-refractivity contribution is 7.89. The van der Waals surface area contributed by atoms with Crippen LogP contribution >= 0.6 is 0 Å². The van der Waals surface area contributed by atoms with Crippen molar-refractivity contribution in [2.45, 2.75) is 58.8 Å². The average Bonchev–Trinajstić information content (AvgIpc) is 2.49. The maximum absolute atomic E-state index is 12.1. The van der Waals surface area contributed by atoms with E-state index in [0.717, 1.165) is 32.2 Å². The molecule has 21 heavy (non-hydrogen) atoms. The molecule has 0 bridgehead atoms. The summed E-state index contributed by atoms with van der Waals surface area (Å²) in [7, 11) is -3.12. The minimum atomic E-state index is -3.12. The van der Waals surface area contributed by atoms with Gasteiger partial charge in [0, 0.05) is 25.6 Å². The predicted molar refractivity (Wildman–Crippen MR) is 85.5 cm³/mol. The molecule has 1 aliphatic heterocycles. The van der Waals surface area contributed by atoms with Crippen LogP contribution in [0.4, 0.5) is 0 Å². The summed E-state index contributed by atoms with van der Waals surface area (Å²) < 4.78 is 25.7. The first-order valence-electron chi connectivity index (χ1n) is 8.26. The van der Waals surface area contributed by atoms with E-state index in [1.165, 1.54) is 0 Å². The third-order valence-corrected chi connectivity index (χ3v) is 6.01. The van der Waals surface area contributed by atoms with Crippen molar-refractivity contribution in [2.24, 2.45) is 5.92 Å². The van der Waals surface area contributed by atoms with Crippen LogP contribution in [0.15, 0.2) is 0 Å². The summed E-state index contributed by atoms with van der Waals surface area (Å²) >= 11 is 0. The van der Waals surface area contributed by atoms with Crippen LogP contribution in [0.1, 0.15) is 58.8 Å². The molecule has 0 aromatic heterocycles. The van der Waals surface area contributed by atoms with Gasteiger partial charge in [-0.3, -0.25) is 4.79 Å². The third kappa shape index (κ3) is 6.34. The first-order chi connectivity index (χ1) is 10.0. The number of piperidine rings is 1. The van der Waals surface area contributed by atoms with Crippen molar-refractivity contribution in [3.63, 3.8) is 0 Å². The molecule has 0 aromatic carbocycles. The zero-order valence-electron chi connectivity index (χ0n) is 13.4. The highest BCUT2D eigenvalue weighted by Gasteiger charge is 2.30. The molecule has 124 valence electrons. The van der Waals surface area contributed by atoms with E-state index in [1.54, 1.807) is 4.31 Å². The monoisotopic (exact) mass is 318 g/mol. The summed E-state index contributed by atoms with van der Waals surface area (Å²) in [4.78, 5) is 12.0. The fourth-order valence-corrected chi connectivity index (χ4v) is 4.26. The molecule has 0 radical (unpaired) electrons. The molecular weight excluding hydrogens is 288 g/mol. The molecule has 0 spiro atoms. The van der Waals surface area contributed by atoms with Crippen LogP contribution in [-0.2, 0) is 14.8 Å². The first kappa shape index (κ1) is 18.4. The minimum Gasteiger partial charge on any atom is -0.356 e. The number of nitrogens with one attached hydrogen (secondary N) is 1. The Bertz CT molecular complexity index is 401. The Morgan fingerprint density at radius 3 is 2.29 bits per heavy atom. The Hall–Kier alpha value is -0.620. The van der Waals surface area contributed by atoms with Crippen molar-refractivity contribution in [3.05, 3.63) is 0 Å². The van der Waals surface area contributed by atoms with Crippen LogP contribution in [0, 0.1) is 5.92 Å². The van der Waals surface area contributed by atoms with Crippen LogP contribution in [0.3, 0.4) is 0 Å². The van der Waals surface area contributed by atoms with Crippen LogP contribution in [0.2, 0.25) is 0 Å². The summed E-state index contributed by atoms with van der Waals surface area (Å²) in [5.74, 6) is 0.304. The molecule has 0 aliphatic carbocycles. The highest BCUT2D eigenvalue weighted by Crippen LogP contribution is 2.20. The highest BCUT2D eigenvalue weighted by atomic mass is 32.2. The number of sulfonamides is 1. The molecule has 1 amide bonds. The lowest BCUT2D eigenvalue weighted by Crippen LogP contribution is -2.43. The topological polar surface area (TPSA) is 66.5 Å². The van der Waals surface area contributed by atoms with Gasteiger partial charge in [0.15, 0.2) is 0 Å². The van der Waals surface area contributed by atoms with Gasteiger partial charge < -0.3 is 5.32 Å². The van der Waals surface area contributed by atoms with E-state index < -0.39 is 10.0 Å². The molecule has 0 unspecified atom stereocenters. The second-order valence-electron chi connectivity index (χ2n) is 5.84. The summed E-state index contributed by atoms with van der Waals surface area (Å²) in [6, 6.07) is 0. The molecule has 0 aromatic rings. The number of amides is 1. The van der Waals surface area contributed by atoms with Gasteiger partial charge in [-0.2, -0.15) is 0 Å². The van der Waals surface area contributed by atoms with Crippen molar-refractivity contribution in [2.75, 3.05) is 25.4 Å². The standard InChI is InChI=1S/C15H30N2O3S/c1-3-5-7-10-16-15(18)14-8-11-17(12-9-14)21(19,20)13-6-4-2/h14H,3-13H2,1-2H3,(H,16,18). The molecule has 0 saturated carbocycles. The fourth-order valence-electron chi connectivity index (χ4n) is 2.58. The normalized spacial score (nSPS) is 17.8. The Morgan fingerprint density at radius 1 is 1.10 bits per heavy atom. The van der Waals surface area contributed by atoms with Crippen molar-refractivity contribution in [3.8, 4) is 0 Å². The van der Waals surface area contributed by atoms with Gasteiger partial charge in [0.2, 0.25) is 15.9 Å². The van der Waals surface area contributed by atoms with Gasteiger partial charge >= 0.3 is 0 Å². The van der Waals surface area contributed by atoms with Crippen LogP contribution in [-0.4, -0.2) is 44.0 Å². The molecule has 1 N–H and O–H groups in total. The van der Waals surface area contributed by atoms with E-state index in [0.29, 0.717) is 32.4 Å². The third-order valence-electron chi connectivity index (χ3n) is 4.05. The van der Waals surface area contributed by atoms with Gasteiger partial charge in [-0.15, -0.1) is 0 Å². The van der Waals surface area contributed by atoms with Gasteiger partial charge in [-0.25, -0.2) is 12.7 Å². The molecule has 6 heteroatoms. The Balaban J connectivity index is 2.32. The molecule has 1 fully saturated rings. The van der Waals surface area contributed by atoms with Crippen LogP contribution in [0.25, 0.3) is 0 Å². The number of rotatable bonds is 9.